The number of hydrogen-bond acceptors (Lipinski definition) is 7. The van der Waals surface area contributed by atoms with Crippen molar-refractivity contribution in [3.05, 3.63) is 95.2 Å². The zero-order valence-electron chi connectivity index (χ0n) is 22.9. The van der Waals surface area contributed by atoms with Gasteiger partial charge in [0.05, 0.1) is 31.5 Å². The first-order chi connectivity index (χ1) is 20.1. The van der Waals surface area contributed by atoms with Crippen LogP contribution in [0.5, 0.6) is 11.5 Å². The van der Waals surface area contributed by atoms with Crippen molar-refractivity contribution in [2.24, 2.45) is 11.0 Å². The summed E-state index contributed by atoms with van der Waals surface area (Å²) in [6, 6.07) is 22.5. The molecule has 1 N–H and O–H groups in total. The number of aromatic nitrogens is 2. The van der Waals surface area contributed by atoms with Crippen molar-refractivity contribution < 1.29 is 23.8 Å². The fourth-order valence-electron chi connectivity index (χ4n) is 5.62. The van der Waals surface area contributed by atoms with Gasteiger partial charge in [-0.25, -0.2) is 9.80 Å². The van der Waals surface area contributed by atoms with Crippen LogP contribution in [0.1, 0.15) is 46.9 Å². The average Bonchev–Trinajstić information content (AvgIpc) is 3.63. The van der Waals surface area contributed by atoms with Crippen LogP contribution >= 0.6 is 0 Å². The van der Waals surface area contributed by atoms with E-state index in [4.69, 9.17) is 19.3 Å². The van der Waals surface area contributed by atoms with E-state index in [2.05, 4.69) is 16.3 Å². The molecule has 41 heavy (non-hydrogen) atoms. The number of carbonyl (C=O) groups excluding carboxylic acids is 2. The number of carbonyl (C=O) groups is 2. The van der Waals surface area contributed by atoms with Crippen LogP contribution in [-0.2, 0) is 9.53 Å². The van der Waals surface area contributed by atoms with E-state index in [1.54, 1.807) is 20.3 Å². The topological polar surface area (TPSA) is 106 Å². The Labute approximate surface area is 237 Å². The SMILES string of the molecule is COc1ccc(C=C2CCCC3C2=NN(C(=O)COC(=O)c2n[nH]c4ccccc24)C3c2ccc(OC)cc2)cc1. The predicted octanol–water partition coefficient (Wildman–Crippen LogP) is 5.56. The van der Waals surface area contributed by atoms with Crippen molar-refractivity contribution in [3.63, 3.8) is 0 Å². The molecule has 3 aromatic carbocycles. The Morgan fingerprint density at radius 1 is 0.976 bits per heavy atom. The third-order valence-corrected chi connectivity index (χ3v) is 7.66. The molecule has 4 aromatic rings. The highest BCUT2D eigenvalue weighted by atomic mass is 16.5. The summed E-state index contributed by atoms with van der Waals surface area (Å²) >= 11 is 0. The van der Waals surface area contributed by atoms with Gasteiger partial charge in [0, 0.05) is 11.3 Å². The Morgan fingerprint density at radius 2 is 1.68 bits per heavy atom. The number of ether oxygens (including phenoxy) is 3. The molecule has 1 aliphatic heterocycles. The van der Waals surface area contributed by atoms with Gasteiger partial charge in [-0.05, 0) is 72.4 Å². The average molecular weight is 551 g/mol. The number of benzene rings is 3. The van der Waals surface area contributed by atoms with E-state index in [1.165, 1.54) is 5.01 Å². The summed E-state index contributed by atoms with van der Waals surface area (Å²) < 4.78 is 16.1. The number of nitrogens with zero attached hydrogens (tertiary/aromatic N) is 3. The second kappa shape index (κ2) is 11.3. The number of para-hydroxylation sites is 1. The van der Waals surface area contributed by atoms with Gasteiger partial charge < -0.3 is 14.2 Å². The molecular weight excluding hydrogens is 520 g/mol. The summed E-state index contributed by atoms with van der Waals surface area (Å²) in [7, 11) is 3.27. The molecule has 0 bridgehead atoms. The summed E-state index contributed by atoms with van der Waals surface area (Å²) in [4.78, 5) is 26.5. The molecule has 1 saturated carbocycles. The quantitative estimate of drug-likeness (QED) is 0.302. The van der Waals surface area contributed by atoms with Crippen molar-refractivity contribution in [2.75, 3.05) is 20.8 Å². The molecule has 2 heterocycles. The Balaban J connectivity index is 1.28. The van der Waals surface area contributed by atoms with Gasteiger partial charge in [0.1, 0.15) is 11.5 Å². The first-order valence-electron chi connectivity index (χ1n) is 13.6. The van der Waals surface area contributed by atoms with Crippen LogP contribution < -0.4 is 9.47 Å². The fraction of sp³-hybridized carbons (Fsp3) is 0.250. The molecular formula is C32H30N4O5. The standard InChI is InChI=1S/C32H30N4O5/c1-39-23-14-10-20(11-15-23)18-22-6-5-8-26-29(22)35-36(31(26)21-12-16-24(40-2)17-13-21)28(37)19-41-32(38)30-25-7-3-4-9-27(25)33-34-30/h3-4,7,9-18,26,31H,5-6,8,19H2,1-2H3,(H,33,34). The third-order valence-electron chi connectivity index (χ3n) is 7.66. The summed E-state index contributed by atoms with van der Waals surface area (Å²) in [6.45, 7) is -0.451. The summed E-state index contributed by atoms with van der Waals surface area (Å²) in [5.41, 5.74) is 4.84. The normalized spacial score (nSPS) is 19.1. The Hall–Kier alpha value is -4.92. The molecule has 1 aromatic heterocycles. The van der Waals surface area contributed by atoms with Gasteiger partial charge >= 0.3 is 5.97 Å². The summed E-state index contributed by atoms with van der Waals surface area (Å²) in [6.07, 6.45) is 4.85. The smallest absolute Gasteiger partial charge is 0.359 e. The summed E-state index contributed by atoms with van der Waals surface area (Å²) in [5, 5.41) is 13.9. The number of nitrogens with one attached hydrogen (secondary N) is 1. The number of fused-ring (bicyclic) bond motifs is 2. The second-order valence-electron chi connectivity index (χ2n) is 10.1. The first-order valence-corrected chi connectivity index (χ1v) is 13.6. The molecule has 2 atom stereocenters. The molecule has 9 nitrogen and oxygen atoms in total. The van der Waals surface area contributed by atoms with Crippen LogP contribution in [0, 0.1) is 5.92 Å². The zero-order chi connectivity index (χ0) is 28.3. The molecule has 1 amide bonds. The lowest BCUT2D eigenvalue weighted by Crippen LogP contribution is -2.34. The molecule has 1 aliphatic carbocycles. The lowest BCUT2D eigenvalue weighted by molar-refractivity contribution is -0.137. The molecule has 2 aliphatic rings. The highest BCUT2D eigenvalue weighted by Gasteiger charge is 2.44. The largest absolute Gasteiger partial charge is 0.497 e. The number of methoxy groups -OCH3 is 2. The number of amides is 1. The van der Waals surface area contributed by atoms with Crippen LogP contribution in [0.4, 0.5) is 0 Å². The fourth-order valence-corrected chi connectivity index (χ4v) is 5.62. The van der Waals surface area contributed by atoms with Crippen LogP contribution in [0.3, 0.4) is 0 Å². The van der Waals surface area contributed by atoms with Crippen molar-refractivity contribution in [1.29, 1.82) is 0 Å². The minimum Gasteiger partial charge on any atom is -0.497 e. The van der Waals surface area contributed by atoms with Crippen molar-refractivity contribution in [2.45, 2.75) is 25.3 Å². The molecule has 0 spiro atoms. The van der Waals surface area contributed by atoms with E-state index < -0.39 is 18.5 Å². The molecule has 0 radical (unpaired) electrons. The molecule has 208 valence electrons. The van der Waals surface area contributed by atoms with Gasteiger partial charge in [0.15, 0.2) is 12.3 Å². The molecule has 6 rings (SSSR count). The van der Waals surface area contributed by atoms with Gasteiger partial charge in [0.2, 0.25) is 0 Å². The van der Waals surface area contributed by atoms with Gasteiger partial charge in [-0.2, -0.15) is 10.2 Å². The molecule has 2 unspecified atom stereocenters. The van der Waals surface area contributed by atoms with Crippen molar-refractivity contribution in [3.8, 4) is 11.5 Å². The number of esters is 1. The lowest BCUT2D eigenvalue weighted by atomic mass is 9.77. The second-order valence-corrected chi connectivity index (χ2v) is 10.1. The molecule has 0 saturated heterocycles. The number of rotatable bonds is 7. The van der Waals surface area contributed by atoms with Crippen LogP contribution in [0.15, 0.2) is 83.5 Å². The predicted molar refractivity (Wildman–Crippen MR) is 155 cm³/mol. The van der Waals surface area contributed by atoms with Gasteiger partial charge in [-0.1, -0.05) is 42.5 Å². The van der Waals surface area contributed by atoms with E-state index in [9.17, 15) is 9.59 Å². The third kappa shape index (κ3) is 5.18. The zero-order valence-corrected chi connectivity index (χ0v) is 22.9. The van der Waals surface area contributed by atoms with E-state index in [-0.39, 0.29) is 17.7 Å². The Kier molecular flexibility index (Phi) is 7.24. The van der Waals surface area contributed by atoms with E-state index >= 15 is 0 Å². The highest BCUT2D eigenvalue weighted by Crippen LogP contribution is 2.44. The number of H-pyrrole nitrogens is 1. The molecule has 1 fully saturated rings. The first kappa shape index (κ1) is 26.3. The van der Waals surface area contributed by atoms with Crippen LogP contribution in [-0.4, -0.2) is 53.6 Å². The van der Waals surface area contributed by atoms with Crippen molar-refractivity contribution >= 4 is 34.6 Å². The minimum atomic E-state index is -0.666. The van der Waals surface area contributed by atoms with Gasteiger partial charge in [-0.3, -0.25) is 9.89 Å². The maximum atomic E-state index is 13.6. The van der Waals surface area contributed by atoms with Crippen LogP contribution in [0.2, 0.25) is 0 Å². The number of allylic oxidation sites excluding steroid dienone is 1. The van der Waals surface area contributed by atoms with E-state index in [1.807, 2.05) is 66.7 Å². The van der Waals surface area contributed by atoms with E-state index in [0.29, 0.717) is 5.39 Å². The van der Waals surface area contributed by atoms with Gasteiger partial charge in [-0.15, -0.1) is 0 Å². The van der Waals surface area contributed by atoms with Crippen LogP contribution in [0.25, 0.3) is 17.0 Å². The number of hydrazone groups is 1. The number of aromatic amines is 1. The number of hydrogen-bond donors (Lipinski definition) is 1. The maximum Gasteiger partial charge on any atom is 0.359 e. The van der Waals surface area contributed by atoms with Crippen molar-refractivity contribution in [1.82, 2.24) is 15.2 Å². The van der Waals surface area contributed by atoms with Gasteiger partial charge in [0.25, 0.3) is 5.91 Å². The Morgan fingerprint density at radius 3 is 2.41 bits per heavy atom. The maximum absolute atomic E-state index is 13.6. The Bertz CT molecular complexity index is 1640. The highest BCUT2D eigenvalue weighted by molar-refractivity contribution is 6.08. The minimum absolute atomic E-state index is 0.0107. The molecule has 9 heteroatoms. The monoisotopic (exact) mass is 550 g/mol. The lowest BCUT2D eigenvalue weighted by Gasteiger charge is -2.29. The van der Waals surface area contributed by atoms with E-state index in [0.717, 1.165) is 58.7 Å². The summed E-state index contributed by atoms with van der Waals surface area (Å²) in [5.74, 6) is 0.470.